The van der Waals surface area contributed by atoms with Crippen molar-refractivity contribution in [2.24, 2.45) is 0 Å². The zero-order valence-corrected chi connectivity index (χ0v) is 13.1. The quantitative estimate of drug-likeness (QED) is 0.758. The number of hydrogen-bond acceptors (Lipinski definition) is 5. The molecule has 110 valence electrons. The summed E-state index contributed by atoms with van der Waals surface area (Å²) in [6.45, 7) is 6.32. The molecule has 2 aromatic heterocycles. The molecule has 6 nitrogen and oxygen atoms in total. The van der Waals surface area contributed by atoms with Gasteiger partial charge in [-0.2, -0.15) is 4.98 Å². The summed E-state index contributed by atoms with van der Waals surface area (Å²) in [4.78, 5) is 11.0. The third kappa shape index (κ3) is 1.54. The monoisotopic (exact) mass is 304 g/mol. The van der Waals surface area contributed by atoms with E-state index in [2.05, 4.69) is 43.5 Å². The summed E-state index contributed by atoms with van der Waals surface area (Å²) in [5.74, 6) is 2.77. The summed E-state index contributed by atoms with van der Waals surface area (Å²) in [5.41, 5.74) is 0.822. The first kappa shape index (κ1) is 13.0. The summed E-state index contributed by atoms with van der Waals surface area (Å²) >= 11 is 6.05. The van der Waals surface area contributed by atoms with Crippen LogP contribution < -0.4 is 4.90 Å². The van der Waals surface area contributed by atoms with Gasteiger partial charge in [-0.25, -0.2) is 4.98 Å². The van der Waals surface area contributed by atoms with Gasteiger partial charge in [-0.15, -0.1) is 10.2 Å². The maximum atomic E-state index is 6.05. The van der Waals surface area contributed by atoms with Crippen molar-refractivity contribution in [2.45, 2.75) is 51.6 Å². The molecule has 0 saturated heterocycles. The molecule has 1 aliphatic carbocycles. The minimum atomic E-state index is -0.0971. The number of rotatable bonds is 1. The normalized spacial score (nSPS) is 18.6. The van der Waals surface area contributed by atoms with Gasteiger partial charge in [-0.3, -0.25) is 4.57 Å². The van der Waals surface area contributed by atoms with Crippen molar-refractivity contribution < 1.29 is 0 Å². The van der Waals surface area contributed by atoms with Crippen LogP contribution in [0.2, 0.25) is 5.28 Å². The summed E-state index contributed by atoms with van der Waals surface area (Å²) in [6.07, 6.45) is 5.11. The van der Waals surface area contributed by atoms with Gasteiger partial charge in [0.2, 0.25) is 5.28 Å². The molecule has 1 saturated carbocycles. The average molecular weight is 305 g/mol. The third-order valence-corrected chi connectivity index (χ3v) is 4.77. The van der Waals surface area contributed by atoms with Crippen molar-refractivity contribution in [3.8, 4) is 5.69 Å². The number of anilines is 1. The Morgan fingerprint density at radius 3 is 2.67 bits per heavy atom. The number of nitrogens with zero attached hydrogens (tertiary/aromatic N) is 6. The van der Waals surface area contributed by atoms with Crippen LogP contribution >= 0.6 is 11.6 Å². The molecule has 0 N–H and O–H groups in total. The summed E-state index contributed by atoms with van der Waals surface area (Å²) in [7, 11) is 0. The lowest BCUT2D eigenvalue weighted by molar-refractivity contribution is 0.194. The van der Waals surface area contributed by atoms with Crippen LogP contribution in [-0.2, 0) is 5.54 Å². The fraction of sp³-hybridized carbons (Fsp3) is 0.571. The Bertz CT molecular complexity index is 718. The van der Waals surface area contributed by atoms with Gasteiger partial charge >= 0.3 is 0 Å². The molecule has 0 radical (unpaired) electrons. The van der Waals surface area contributed by atoms with Gasteiger partial charge in [-0.05, 0) is 51.6 Å². The third-order valence-electron chi connectivity index (χ3n) is 4.59. The Labute approximate surface area is 128 Å². The fourth-order valence-corrected chi connectivity index (χ4v) is 3.79. The van der Waals surface area contributed by atoms with Crippen LogP contribution in [0.5, 0.6) is 0 Å². The van der Waals surface area contributed by atoms with Crippen LogP contribution in [0.3, 0.4) is 0 Å². The van der Waals surface area contributed by atoms with Gasteiger partial charge < -0.3 is 4.90 Å². The molecule has 2 aromatic rings. The number of hydrogen-bond donors (Lipinski definition) is 0. The van der Waals surface area contributed by atoms with E-state index >= 15 is 0 Å². The van der Waals surface area contributed by atoms with Gasteiger partial charge in [0.05, 0.1) is 6.20 Å². The predicted octanol–water partition coefficient (Wildman–Crippen LogP) is 2.63. The lowest BCUT2D eigenvalue weighted by Gasteiger charge is -2.54. The number of halogens is 1. The van der Waals surface area contributed by atoms with Crippen molar-refractivity contribution in [1.29, 1.82) is 0 Å². The van der Waals surface area contributed by atoms with Crippen molar-refractivity contribution in [3.63, 3.8) is 0 Å². The van der Waals surface area contributed by atoms with E-state index in [9.17, 15) is 0 Å². The fourth-order valence-electron chi connectivity index (χ4n) is 3.66. The zero-order valence-electron chi connectivity index (χ0n) is 12.3. The highest BCUT2D eigenvalue weighted by Gasteiger charge is 2.53. The van der Waals surface area contributed by atoms with Gasteiger partial charge in [0.15, 0.2) is 11.6 Å². The molecule has 1 spiro atoms. The molecule has 7 heteroatoms. The number of aromatic nitrogens is 5. The highest BCUT2D eigenvalue weighted by molar-refractivity contribution is 6.28. The summed E-state index contributed by atoms with van der Waals surface area (Å²) < 4.78 is 2.09. The molecule has 3 heterocycles. The van der Waals surface area contributed by atoms with Gasteiger partial charge in [0.1, 0.15) is 17.1 Å². The van der Waals surface area contributed by atoms with Crippen LogP contribution in [-0.4, -0.2) is 30.8 Å². The lowest BCUT2D eigenvalue weighted by atomic mass is 9.72. The highest BCUT2D eigenvalue weighted by Crippen LogP contribution is 2.52. The SMILES string of the molecule is Cc1nnc2n1-c1cnc(Cl)nc1N(C(C)C)C21CCC1. The number of aryl methyl sites for hydroxylation is 1. The van der Waals surface area contributed by atoms with Crippen LogP contribution in [0.15, 0.2) is 6.20 Å². The highest BCUT2D eigenvalue weighted by atomic mass is 35.5. The van der Waals surface area contributed by atoms with E-state index in [1.165, 1.54) is 6.42 Å². The Morgan fingerprint density at radius 2 is 2.05 bits per heavy atom. The van der Waals surface area contributed by atoms with Crippen LogP contribution in [0.4, 0.5) is 5.82 Å². The molecular formula is C14H17ClN6. The molecule has 0 amide bonds. The lowest BCUT2D eigenvalue weighted by Crippen LogP contribution is -2.58. The topological polar surface area (TPSA) is 59.7 Å². The molecular weight excluding hydrogens is 288 g/mol. The molecule has 1 fully saturated rings. The molecule has 4 rings (SSSR count). The van der Waals surface area contributed by atoms with E-state index in [4.69, 9.17) is 11.6 Å². The minimum Gasteiger partial charge on any atom is -0.339 e. The molecule has 21 heavy (non-hydrogen) atoms. The number of fused-ring (bicyclic) bond motifs is 4. The molecule has 0 aromatic carbocycles. The Hall–Kier alpha value is -1.69. The average Bonchev–Trinajstić information content (AvgIpc) is 2.77. The van der Waals surface area contributed by atoms with E-state index < -0.39 is 0 Å². The van der Waals surface area contributed by atoms with E-state index in [0.717, 1.165) is 36.0 Å². The second-order valence-corrected chi connectivity index (χ2v) is 6.44. The Kier molecular flexibility index (Phi) is 2.58. The van der Waals surface area contributed by atoms with Gasteiger partial charge in [0.25, 0.3) is 0 Å². The van der Waals surface area contributed by atoms with Crippen molar-refractivity contribution >= 4 is 17.4 Å². The molecule has 1 aliphatic heterocycles. The molecule has 2 aliphatic rings. The summed E-state index contributed by atoms with van der Waals surface area (Å²) in [5, 5.41) is 9.04. The van der Waals surface area contributed by atoms with E-state index in [1.807, 2.05) is 6.92 Å². The second-order valence-electron chi connectivity index (χ2n) is 6.10. The maximum absolute atomic E-state index is 6.05. The largest absolute Gasteiger partial charge is 0.339 e. The standard InChI is InChI=1S/C14H17ClN6/c1-8(2)21-11-10(7-16-13(15)17-11)20-9(3)18-19-12(20)14(21)5-4-6-14/h7-8H,4-6H2,1-3H3. The first-order valence-corrected chi connectivity index (χ1v) is 7.67. The van der Waals surface area contributed by atoms with Crippen LogP contribution in [0.25, 0.3) is 5.69 Å². The molecule has 0 unspecified atom stereocenters. The smallest absolute Gasteiger partial charge is 0.224 e. The van der Waals surface area contributed by atoms with Gasteiger partial charge in [-0.1, -0.05) is 0 Å². The predicted molar refractivity (Wildman–Crippen MR) is 79.8 cm³/mol. The maximum Gasteiger partial charge on any atom is 0.224 e. The molecule has 0 atom stereocenters. The second kappa shape index (κ2) is 4.16. The first-order chi connectivity index (χ1) is 10.0. The van der Waals surface area contributed by atoms with E-state index in [1.54, 1.807) is 6.20 Å². The Morgan fingerprint density at radius 1 is 1.29 bits per heavy atom. The van der Waals surface area contributed by atoms with E-state index in [-0.39, 0.29) is 10.8 Å². The summed E-state index contributed by atoms with van der Waals surface area (Å²) in [6, 6.07) is 0.306. The van der Waals surface area contributed by atoms with Crippen LogP contribution in [0.1, 0.15) is 44.8 Å². The first-order valence-electron chi connectivity index (χ1n) is 7.29. The van der Waals surface area contributed by atoms with Crippen molar-refractivity contribution in [3.05, 3.63) is 23.1 Å². The van der Waals surface area contributed by atoms with Crippen molar-refractivity contribution in [2.75, 3.05) is 4.90 Å². The van der Waals surface area contributed by atoms with Gasteiger partial charge in [0, 0.05) is 6.04 Å². The Balaban J connectivity index is 2.06. The van der Waals surface area contributed by atoms with Crippen molar-refractivity contribution in [1.82, 2.24) is 24.7 Å². The molecule has 0 bridgehead atoms. The van der Waals surface area contributed by atoms with E-state index in [0.29, 0.717) is 6.04 Å². The van der Waals surface area contributed by atoms with Crippen LogP contribution in [0, 0.1) is 6.92 Å². The zero-order chi connectivity index (χ0) is 14.8. The minimum absolute atomic E-state index is 0.0971.